The zero-order valence-corrected chi connectivity index (χ0v) is 12.8. The van der Waals surface area contributed by atoms with Gasteiger partial charge in [-0.05, 0) is 18.6 Å². The van der Waals surface area contributed by atoms with E-state index in [9.17, 15) is 8.42 Å². The Hall–Kier alpha value is -1.58. The molecule has 7 nitrogen and oxygen atoms in total. The third kappa shape index (κ3) is 5.37. The molecule has 0 bridgehead atoms. The number of amidine groups is 1. The lowest BCUT2D eigenvalue weighted by Gasteiger charge is -1.99. The molecule has 0 spiro atoms. The summed E-state index contributed by atoms with van der Waals surface area (Å²) in [5.41, 5.74) is 7.48. The van der Waals surface area contributed by atoms with E-state index in [1.807, 2.05) is 24.3 Å². The molecule has 2 aromatic rings. The summed E-state index contributed by atoms with van der Waals surface area (Å²) >= 11 is 0. The van der Waals surface area contributed by atoms with Crippen LogP contribution >= 0.6 is 10.8 Å². The first-order chi connectivity index (χ1) is 9.94. The van der Waals surface area contributed by atoms with Gasteiger partial charge < -0.3 is 10.7 Å². The van der Waals surface area contributed by atoms with Gasteiger partial charge in [0, 0.05) is 23.8 Å². The number of nitrogens with one attached hydrogen (secondary N) is 1. The summed E-state index contributed by atoms with van der Waals surface area (Å²) in [4.78, 5) is 11.7. The number of aliphatic imine (C=N–C) groups is 1. The molecule has 1 aromatic carbocycles. The molecule has 0 aliphatic heterocycles. The average molecular weight is 328 g/mol. The third-order valence-electron chi connectivity index (χ3n) is 2.68. The van der Waals surface area contributed by atoms with Crippen molar-refractivity contribution in [1.29, 1.82) is 0 Å². The molecular weight excluding hydrogens is 312 g/mol. The largest absolute Gasteiger partial charge is 0.387 e. The van der Waals surface area contributed by atoms with Gasteiger partial charge in [-0.2, -0.15) is 8.42 Å². The van der Waals surface area contributed by atoms with Crippen molar-refractivity contribution in [1.82, 2.24) is 9.97 Å². The molecule has 0 saturated heterocycles. The molecule has 1 aromatic heterocycles. The van der Waals surface area contributed by atoms with Gasteiger partial charge in [0.25, 0.3) is 0 Å². The first-order valence-electron chi connectivity index (χ1n) is 6.28. The number of aryl methyl sites for hydroxylation is 1. The number of fused-ring (bicyclic) bond motifs is 1. The maximum absolute atomic E-state index is 10.5. The van der Waals surface area contributed by atoms with Crippen LogP contribution in [0.2, 0.25) is 0 Å². The van der Waals surface area contributed by atoms with Crippen LogP contribution in [0.1, 0.15) is 12.2 Å². The molecule has 0 saturated carbocycles. The molecule has 0 unspecified atom stereocenters. The summed E-state index contributed by atoms with van der Waals surface area (Å²) in [5.74, 6) is 1.04. The van der Waals surface area contributed by atoms with E-state index >= 15 is 0 Å². The van der Waals surface area contributed by atoms with Crippen LogP contribution in [-0.2, 0) is 15.6 Å². The first-order valence-corrected chi connectivity index (χ1v) is 9.22. The Morgan fingerprint density at radius 2 is 2.19 bits per heavy atom. The van der Waals surface area contributed by atoms with E-state index in [0.29, 0.717) is 17.3 Å². The second-order valence-corrected chi connectivity index (χ2v) is 7.72. The minimum Gasteiger partial charge on any atom is -0.387 e. The molecule has 0 amide bonds. The number of nitrogens with two attached hydrogens (primary N) is 1. The number of hydrogen-bond donors (Lipinski definition) is 3. The zero-order valence-electron chi connectivity index (χ0n) is 11.2. The quantitative estimate of drug-likeness (QED) is 0.232. The van der Waals surface area contributed by atoms with Crippen LogP contribution < -0.4 is 5.73 Å². The predicted molar refractivity (Wildman–Crippen MR) is 84.9 cm³/mol. The molecule has 0 aliphatic rings. The maximum atomic E-state index is 10.5. The monoisotopic (exact) mass is 328 g/mol. The van der Waals surface area contributed by atoms with Crippen LogP contribution in [0.25, 0.3) is 11.0 Å². The van der Waals surface area contributed by atoms with Crippen molar-refractivity contribution in [2.24, 2.45) is 10.7 Å². The van der Waals surface area contributed by atoms with Crippen molar-refractivity contribution in [3.8, 4) is 0 Å². The fourth-order valence-corrected chi connectivity index (χ4v) is 2.94. The number of para-hydroxylation sites is 2. The van der Waals surface area contributed by atoms with Gasteiger partial charge in [0.2, 0.25) is 0 Å². The van der Waals surface area contributed by atoms with Gasteiger partial charge in [-0.25, -0.2) is 4.98 Å². The highest BCUT2D eigenvalue weighted by atomic mass is 33.1. The SMILES string of the molecule is NC(CSS(=O)(=O)O)=NCCCc1nc2ccccc2[nH]1. The zero-order chi connectivity index (χ0) is 15.3. The third-order valence-corrected chi connectivity index (χ3v) is 4.64. The Morgan fingerprint density at radius 3 is 2.90 bits per heavy atom. The van der Waals surface area contributed by atoms with E-state index < -0.39 is 9.15 Å². The van der Waals surface area contributed by atoms with Crippen LogP contribution in [0.5, 0.6) is 0 Å². The highest BCUT2D eigenvalue weighted by Gasteiger charge is 2.06. The Kier molecular flexibility index (Phi) is 5.21. The van der Waals surface area contributed by atoms with Gasteiger partial charge in [0.05, 0.1) is 16.8 Å². The molecule has 4 N–H and O–H groups in total. The molecule has 2 rings (SSSR count). The van der Waals surface area contributed by atoms with Gasteiger partial charge in [-0.15, -0.1) is 0 Å². The number of aromatic nitrogens is 2. The van der Waals surface area contributed by atoms with Gasteiger partial charge in [0.15, 0.2) is 0 Å². The molecule has 0 atom stereocenters. The van der Waals surface area contributed by atoms with Crippen molar-refractivity contribution in [3.05, 3.63) is 30.1 Å². The minimum atomic E-state index is -4.07. The molecule has 0 fully saturated rings. The van der Waals surface area contributed by atoms with Crippen LogP contribution in [0, 0.1) is 0 Å². The van der Waals surface area contributed by atoms with Crippen LogP contribution in [0.3, 0.4) is 0 Å². The van der Waals surface area contributed by atoms with Crippen molar-refractivity contribution >= 4 is 36.8 Å². The first kappa shape index (κ1) is 15.8. The lowest BCUT2D eigenvalue weighted by molar-refractivity contribution is 0.503. The number of nitrogens with zero attached hydrogens (tertiary/aromatic N) is 2. The van der Waals surface area contributed by atoms with Gasteiger partial charge in [-0.3, -0.25) is 9.55 Å². The van der Waals surface area contributed by atoms with E-state index in [1.165, 1.54) is 0 Å². The summed E-state index contributed by atoms with van der Waals surface area (Å²) < 4.78 is 29.6. The number of aromatic amines is 1. The topological polar surface area (TPSA) is 121 Å². The molecule has 9 heteroatoms. The number of imidazole rings is 1. The van der Waals surface area contributed by atoms with Crippen molar-refractivity contribution in [2.75, 3.05) is 12.3 Å². The van der Waals surface area contributed by atoms with Crippen molar-refractivity contribution in [2.45, 2.75) is 12.8 Å². The van der Waals surface area contributed by atoms with Gasteiger partial charge >= 0.3 is 9.15 Å². The standard InChI is InChI=1S/C12H16N4O3S2/c13-11(8-20-21(17,18)19)14-7-3-6-12-15-9-4-1-2-5-10(9)16-12/h1-2,4-5H,3,6-8H2,(H2,13,14)(H,15,16)(H,17,18,19). The number of benzene rings is 1. The van der Waals surface area contributed by atoms with Gasteiger partial charge in [-0.1, -0.05) is 12.1 Å². The minimum absolute atomic E-state index is 0.0382. The van der Waals surface area contributed by atoms with Crippen molar-refractivity contribution in [3.63, 3.8) is 0 Å². The number of H-pyrrole nitrogens is 1. The normalized spacial score (nSPS) is 12.9. The lowest BCUT2D eigenvalue weighted by atomic mass is 10.3. The molecule has 114 valence electrons. The van der Waals surface area contributed by atoms with Gasteiger partial charge in [0.1, 0.15) is 11.7 Å². The number of rotatable bonds is 7. The fourth-order valence-electron chi connectivity index (χ4n) is 1.77. The number of hydrogen-bond acceptors (Lipinski definition) is 5. The van der Waals surface area contributed by atoms with E-state index in [0.717, 1.165) is 29.7 Å². The second kappa shape index (κ2) is 6.92. The summed E-state index contributed by atoms with van der Waals surface area (Å²) in [6.45, 7) is 0.481. The fraction of sp³-hybridized carbons (Fsp3) is 0.333. The summed E-state index contributed by atoms with van der Waals surface area (Å²) in [6.07, 6.45) is 1.48. The molecule has 0 radical (unpaired) electrons. The second-order valence-electron chi connectivity index (χ2n) is 4.37. The Balaban J connectivity index is 1.78. The molecular formula is C12H16N4O3S2. The van der Waals surface area contributed by atoms with E-state index in [1.54, 1.807) is 0 Å². The van der Waals surface area contributed by atoms with E-state index in [4.69, 9.17) is 10.3 Å². The lowest BCUT2D eigenvalue weighted by Crippen LogP contribution is -2.16. The average Bonchev–Trinajstić information content (AvgIpc) is 2.83. The highest BCUT2D eigenvalue weighted by Crippen LogP contribution is 2.11. The summed E-state index contributed by atoms with van der Waals surface area (Å²) in [7, 11) is -3.71. The van der Waals surface area contributed by atoms with Crippen LogP contribution in [0.4, 0.5) is 0 Å². The molecule has 1 heterocycles. The molecule has 21 heavy (non-hydrogen) atoms. The van der Waals surface area contributed by atoms with E-state index in [2.05, 4.69) is 15.0 Å². The smallest absolute Gasteiger partial charge is 0.320 e. The van der Waals surface area contributed by atoms with Crippen LogP contribution in [0.15, 0.2) is 29.3 Å². The summed E-state index contributed by atoms with van der Waals surface area (Å²) in [6, 6.07) is 7.79. The van der Waals surface area contributed by atoms with Crippen LogP contribution in [-0.4, -0.2) is 41.1 Å². The van der Waals surface area contributed by atoms with E-state index in [-0.39, 0.29) is 11.6 Å². The summed E-state index contributed by atoms with van der Waals surface area (Å²) in [5, 5.41) is 0. The Morgan fingerprint density at radius 1 is 1.43 bits per heavy atom. The predicted octanol–water partition coefficient (Wildman–Crippen LogP) is 1.39. The highest BCUT2D eigenvalue weighted by molar-refractivity contribution is 8.70. The maximum Gasteiger partial charge on any atom is 0.320 e. The van der Waals surface area contributed by atoms with Crippen molar-refractivity contribution < 1.29 is 13.0 Å². The Labute approximate surface area is 126 Å². The Bertz CT molecular complexity index is 707. The molecule has 0 aliphatic carbocycles.